The van der Waals surface area contributed by atoms with Gasteiger partial charge in [-0.2, -0.15) is 0 Å². The topological polar surface area (TPSA) is 118 Å². The van der Waals surface area contributed by atoms with E-state index in [9.17, 15) is 14.7 Å². The van der Waals surface area contributed by atoms with Crippen LogP contribution in [-0.4, -0.2) is 25.5 Å². The van der Waals surface area contributed by atoms with Gasteiger partial charge in [0, 0.05) is 5.92 Å². The first-order valence-corrected chi connectivity index (χ1v) is 13.3. The summed E-state index contributed by atoms with van der Waals surface area (Å²) in [6, 6.07) is 19.3. The lowest BCUT2D eigenvalue weighted by Crippen LogP contribution is -2.20. The highest BCUT2D eigenvalue weighted by molar-refractivity contribution is 14.1. The molecule has 0 fully saturated rings. The van der Waals surface area contributed by atoms with E-state index < -0.39 is 5.92 Å². The molecule has 0 unspecified atom stereocenters. The van der Waals surface area contributed by atoms with E-state index in [0.29, 0.717) is 29.7 Å². The van der Waals surface area contributed by atoms with E-state index >= 15 is 0 Å². The molecule has 0 saturated carbocycles. The summed E-state index contributed by atoms with van der Waals surface area (Å²) in [6.45, 7) is 4.00. The first-order chi connectivity index (χ1) is 17.2. The van der Waals surface area contributed by atoms with Crippen LogP contribution in [0.4, 0.5) is 0 Å². The molecule has 36 heavy (non-hydrogen) atoms. The number of aromatic amines is 4. The minimum Gasteiger partial charge on any atom is -0.506 e. The number of phenols is 1. The Morgan fingerprint density at radius 1 is 0.667 bits per heavy atom. The SMILES string of the molecule is Cc1ccc(-c2[nH][nH]c(=O)c2C(c2cc(I)c(O)c(I)c2)c2c(-c3ccc(C)cc3)[nH][nH]c2=O)cc1. The number of aryl methyl sites for hydroxylation is 2. The molecule has 9 heteroatoms. The van der Waals surface area contributed by atoms with Crippen LogP contribution in [0.2, 0.25) is 0 Å². The van der Waals surface area contributed by atoms with E-state index in [-0.39, 0.29) is 16.9 Å². The molecule has 0 aliphatic heterocycles. The lowest BCUT2D eigenvalue weighted by atomic mass is 9.83. The summed E-state index contributed by atoms with van der Waals surface area (Å²) in [6.07, 6.45) is 0. The van der Waals surface area contributed by atoms with Crippen molar-refractivity contribution in [2.24, 2.45) is 0 Å². The smallest absolute Gasteiger partial charge is 0.268 e. The van der Waals surface area contributed by atoms with Gasteiger partial charge in [0.15, 0.2) is 0 Å². The van der Waals surface area contributed by atoms with Crippen molar-refractivity contribution < 1.29 is 5.11 Å². The van der Waals surface area contributed by atoms with Crippen LogP contribution in [0, 0.1) is 21.0 Å². The monoisotopic (exact) mass is 704 g/mol. The number of phenolic OH excluding ortho intramolecular Hbond substituents is 1. The summed E-state index contributed by atoms with van der Waals surface area (Å²) in [5.41, 5.74) is 6.01. The number of hydrogen-bond acceptors (Lipinski definition) is 3. The lowest BCUT2D eigenvalue weighted by molar-refractivity contribution is 0.467. The Morgan fingerprint density at radius 2 is 1.06 bits per heavy atom. The fourth-order valence-corrected chi connectivity index (χ4v) is 6.23. The Kier molecular flexibility index (Phi) is 6.68. The van der Waals surface area contributed by atoms with Crippen molar-refractivity contribution in [2.45, 2.75) is 19.8 Å². The van der Waals surface area contributed by atoms with Gasteiger partial charge in [0.1, 0.15) is 5.75 Å². The Labute approximate surface area is 233 Å². The highest BCUT2D eigenvalue weighted by atomic mass is 127. The van der Waals surface area contributed by atoms with Crippen LogP contribution >= 0.6 is 45.2 Å². The molecule has 0 radical (unpaired) electrons. The number of benzene rings is 3. The van der Waals surface area contributed by atoms with Gasteiger partial charge in [-0.25, -0.2) is 0 Å². The summed E-state index contributed by atoms with van der Waals surface area (Å²) in [7, 11) is 0. The number of H-pyrrole nitrogens is 4. The Balaban J connectivity index is 1.83. The largest absolute Gasteiger partial charge is 0.506 e. The number of aromatic hydroxyl groups is 1. The van der Waals surface area contributed by atoms with Gasteiger partial charge in [-0.15, -0.1) is 0 Å². The molecule has 0 saturated heterocycles. The zero-order valence-corrected chi connectivity index (χ0v) is 23.7. The summed E-state index contributed by atoms with van der Waals surface area (Å²) in [5.74, 6) is -0.549. The predicted molar refractivity (Wildman–Crippen MR) is 158 cm³/mol. The van der Waals surface area contributed by atoms with Crippen LogP contribution in [0.25, 0.3) is 22.5 Å². The van der Waals surface area contributed by atoms with Gasteiger partial charge in [-0.1, -0.05) is 59.7 Å². The minimum absolute atomic E-state index is 0.169. The van der Waals surface area contributed by atoms with Crippen molar-refractivity contribution in [2.75, 3.05) is 0 Å². The fraction of sp³-hybridized carbons (Fsp3) is 0.111. The summed E-state index contributed by atoms with van der Waals surface area (Å²) < 4.78 is 1.26. The molecule has 0 spiro atoms. The molecule has 0 aliphatic rings. The Hall–Kier alpha value is -3.06. The molecule has 7 nitrogen and oxygen atoms in total. The third kappa shape index (κ3) is 4.45. The maximum Gasteiger partial charge on any atom is 0.268 e. The number of hydrogen-bond donors (Lipinski definition) is 5. The fourth-order valence-electron chi connectivity index (χ4n) is 4.41. The molecule has 0 amide bonds. The van der Waals surface area contributed by atoms with E-state index in [2.05, 4.69) is 65.6 Å². The highest BCUT2D eigenvalue weighted by Crippen LogP contribution is 2.40. The first-order valence-electron chi connectivity index (χ1n) is 11.2. The third-order valence-electron chi connectivity index (χ3n) is 6.26. The molecule has 182 valence electrons. The van der Waals surface area contributed by atoms with Crippen LogP contribution < -0.4 is 11.1 Å². The van der Waals surface area contributed by atoms with Gasteiger partial charge >= 0.3 is 0 Å². The maximum atomic E-state index is 13.4. The summed E-state index contributed by atoms with van der Waals surface area (Å²) in [4.78, 5) is 26.7. The molecule has 0 bridgehead atoms. The molecule has 2 heterocycles. The zero-order chi connectivity index (χ0) is 25.6. The van der Waals surface area contributed by atoms with Crippen molar-refractivity contribution in [3.8, 4) is 28.3 Å². The molecule has 0 atom stereocenters. The first kappa shape index (κ1) is 24.6. The molecule has 0 aliphatic carbocycles. The third-order valence-corrected chi connectivity index (χ3v) is 7.91. The van der Waals surface area contributed by atoms with Crippen molar-refractivity contribution in [3.05, 3.63) is 116 Å². The van der Waals surface area contributed by atoms with Gasteiger partial charge in [0.2, 0.25) is 0 Å². The van der Waals surface area contributed by atoms with E-state index in [4.69, 9.17) is 0 Å². The molecule has 2 aromatic heterocycles. The Morgan fingerprint density at radius 3 is 1.44 bits per heavy atom. The van der Waals surface area contributed by atoms with Crippen LogP contribution in [0.15, 0.2) is 70.3 Å². The summed E-state index contributed by atoms with van der Waals surface area (Å²) >= 11 is 4.13. The molecule has 3 aromatic carbocycles. The number of rotatable bonds is 5. The normalized spacial score (nSPS) is 11.4. The molecule has 5 aromatic rings. The van der Waals surface area contributed by atoms with Crippen LogP contribution in [0.1, 0.15) is 33.7 Å². The van der Waals surface area contributed by atoms with Crippen molar-refractivity contribution in [3.63, 3.8) is 0 Å². The van der Waals surface area contributed by atoms with Gasteiger partial charge in [-0.05, 0) is 87.9 Å². The molecule has 5 N–H and O–H groups in total. The second kappa shape index (κ2) is 9.77. The molecular weight excluding hydrogens is 682 g/mol. The van der Waals surface area contributed by atoms with Gasteiger partial charge in [0.25, 0.3) is 11.1 Å². The zero-order valence-electron chi connectivity index (χ0n) is 19.4. The van der Waals surface area contributed by atoms with E-state index in [1.807, 2.05) is 74.5 Å². The lowest BCUT2D eigenvalue weighted by Gasteiger charge is -2.19. The average Bonchev–Trinajstić information content (AvgIpc) is 3.42. The Bertz CT molecular complexity index is 1560. The van der Waals surface area contributed by atoms with E-state index in [1.54, 1.807) is 0 Å². The number of aromatic nitrogens is 4. The van der Waals surface area contributed by atoms with Gasteiger partial charge in [0.05, 0.1) is 29.7 Å². The predicted octanol–water partition coefficient (Wildman–Crippen LogP) is 5.77. The van der Waals surface area contributed by atoms with Gasteiger partial charge < -0.3 is 5.11 Å². The molecular formula is C27H22I2N4O3. The second-order valence-corrected chi connectivity index (χ2v) is 11.1. The van der Waals surface area contributed by atoms with Crippen LogP contribution in [0.3, 0.4) is 0 Å². The van der Waals surface area contributed by atoms with Crippen molar-refractivity contribution in [1.29, 1.82) is 0 Å². The highest BCUT2D eigenvalue weighted by Gasteiger charge is 2.32. The van der Waals surface area contributed by atoms with Gasteiger partial charge in [-0.3, -0.25) is 30.0 Å². The maximum absolute atomic E-state index is 13.4. The quantitative estimate of drug-likeness (QED) is 0.150. The number of halogens is 2. The van der Waals surface area contributed by atoms with E-state index in [1.165, 1.54) is 0 Å². The van der Waals surface area contributed by atoms with Crippen LogP contribution in [-0.2, 0) is 0 Å². The summed E-state index contributed by atoms with van der Waals surface area (Å²) in [5, 5.41) is 22.0. The van der Waals surface area contributed by atoms with E-state index in [0.717, 1.165) is 27.8 Å². The molecule has 5 rings (SSSR count). The van der Waals surface area contributed by atoms with Crippen molar-refractivity contribution in [1.82, 2.24) is 20.4 Å². The number of nitrogens with one attached hydrogen (secondary N) is 4. The van der Waals surface area contributed by atoms with Crippen LogP contribution in [0.5, 0.6) is 5.75 Å². The standard InChI is InChI=1S/C27H22I2N4O3/c1-13-3-7-15(8-4-13)23-21(26(35)32-30-23)20(17-11-18(28)25(34)19(29)12-17)22-24(31-33-27(22)36)16-9-5-14(2)6-10-16/h3-12,20,34H,1-2H3,(H2,30,32,35)(H2,31,33,36). The second-order valence-electron chi connectivity index (χ2n) is 8.73. The van der Waals surface area contributed by atoms with Crippen molar-refractivity contribution >= 4 is 45.2 Å². The average molecular weight is 704 g/mol. The minimum atomic E-state index is -0.717.